The topological polar surface area (TPSA) is 40.5 Å². The van der Waals surface area contributed by atoms with E-state index < -0.39 is 0 Å². The molecule has 1 heterocycles. The van der Waals surface area contributed by atoms with Crippen LogP contribution in [0.4, 0.5) is 0 Å². The van der Waals surface area contributed by atoms with Crippen LogP contribution in [0.2, 0.25) is 0 Å². The first-order valence-electron chi connectivity index (χ1n) is 8.54. The molecule has 1 aliphatic rings. The van der Waals surface area contributed by atoms with Gasteiger partial charge in [0.2, 0.25) is 0 Å². The molecule has 0 aromatic heterocycles. The number of likely N-dealkylation sites (tertiary alicyclic amines) is 1. The molecular formula is C19H33NO2. The minimum absolute atomic E-state index is 0.0373. The normalized spacial score (nSPS) is 16.4. The monoisotopic (exact) mass is 307 g/mol. The summed E-state index contributed by atoms with van der Waals surface area (Å²) in [5.41, 5.74) is 1.76. The Morgan fingerprint density at radius 1 is 1.27 bits per heavy atom. The van der Waals surface area contributed by atoms with E-state index in [9.17, 15) is 4.79 Å². The summed E-state index contributed by atoms with van der Waals surface area (Å²) in [5.74, 6) is 0.595. The lowest BCUT2D eigenvalue weighted by atomic mass is 9.93. The maximum absolute atomic E-state index is 12.3. The van der Waals surface area contributed by atoms with E-state index in [1.807, 2.05) is 37.8 Å². The number of aliphatic hydroxyl groups is 1. The summed E-state index contributed by atoms with van der Waals surface area (Å²) in [6, 6.07) is 0. The third-order valence-electron chi connectivity index (χ3n) is 3.99. The van der Waals surface area contributed by atoms with Crippen molar-refractivity contribution in [3.63, 3.8) is 0 Å². The van der Waals surface area contributed by atoms with E-state index in [1.54, 1.807) is 0 Å². The lowest BCUT2D eigenvalue weighted by Crippen LogP contribution is -2.39. The first-order valence-corrected chi connectivity index (χ1v) is 8.54. The van der Waals surface area contributed by atoms with E-state index in [1.165, 1.54) is 5.57 Å². The summed E-state index contributed by atoms with van der Waals surface area (Å²) in [5, 5.41) is 8.94. The van der Waals surface area contributed by atoms with Crippen molar-refractivity contribution in [3.05, 3.63) is 36.0 Å². The van der Waals surface area contributed by atoms with Crippen LogP contribution >= 0.6 is 0 Å². The maximum atomic E-state index is 12.3. The van der Waals surface area contributed by atoms with Crippen molar-refractivity contribution in [1.82, 2.24) is 4.90 Å². The molecule has 1 saturated heterocycles. The van der Waals surface area contributed by atoms with Crippen molar-refractivity contribution in [1.29, 1.82) is 0 Å². The molecule has 0 atom stereocenters. The zero-order chi connectivity index (χ0) is 17.0. The van der Waals surface area contributed by atoms with Crippen molar-refractivity contribution < 1.29 is 9.90 Å². The van der Waals surface area contributed by atoms with Gasteiger partial charge in [0, 0.05) is 25.3 Å². The van der Waals surface area contributed by atoms with Crippen LogP contribution in [0.5, 0.6) is 0 Å². The van der Waals surface area contributed by atoms with Crippen molar-refractivity contribution in [2.45, 2.75) is 53.4 Å². The molecule has 0 saturated carbocycles. The highest BCUT2D eigenvalue weighted by atomic mass is 16.3. The zero-order valence-corrected chi connectivity index (χ0v) is 14.8. The second-order valence-corrected chi connectivity index (χ2v) is 5.32. The van der Waals surface area contributed by atoms with Gasteiger partial charge in [0.15, 0.2) is 0 Å². The Labute approximate surface area is 136 Å². The number of carbonyl (C=O) groups excluding carboxylic acids is 1. The summed E-state index contributed by atoms with van der Waals surface area (Å²) in [4.78, 5) is 14.1. The van der Waals surface area contributed by atoms with Crippen LogP contribution in [0.15, 0.2) is 36.0 Å². The molecule has 1 amide bonds. The Hall–Kier alpha value is -1.35. The second kappa shape index (κ2) is 12.2. The molecule has 0 spiro atoms. The van der Waals surface area contributed by atoms with E-state index in [0.717, 1.165) is 38.8 Å². The molecule has 126 valence electrons. The number of aliphatic hydroxyl groups excluding tert-OH is 1. The molecule has 1 aliphatic heterocycles. The number of hydrogen-bond acceptors (Lipinski definition) is 2. The molecule has 3 nitrogen and oxygen atoms in total. The molecule has 0 aliphatic carbocycles. The van der Waals surface area contributed by atoms with E-state index in [0.29, 0.717) is 11.5 Å². The third kappa shape index (κ3) is 7.08. The number of rotatable bonds is 6. The van der Waals surface area contributed by atoms with Crippen LogP contribution in [-0.2, 0) is 4.79 Å². The molecular weight excluding hydrogens is 274 g/mol. The van der Waals surface area contributed by atoms with Gasteiger partial charge < -0.3 is 10.0 Å². The standard InChI is InChI=1S/C17H27NO2.C2H6/c1-4-15(5-2)7-6-14(3)17(20)18-11-8-16(9-12-18)10-13-19;1-2/h4,6-7,16,19H,3,5,8-13H2,1-2H3;1-2H3/b7-6-,15-4-;. The summed E-state index contributed by atoms with van der Waals surface area (Å²) >= 11 is 0. The molecule has 22 heavy (non-hydrogen) atoms. The Bertz CT molecular complexity index is 388. The van der Waals surface area contributed by atoms with E-state index >= 15 is 0 Å². The Morgan fingerprint density at radius 3 is 2.32 bits per heavy atom. The summed E-state index contributed by atoms with van der Waals surface area (Å²) in [7, 11) is 0. The molecule has 1 fully saturated rings. The lowest BCUT2D eigenvalue weighted by molar-refractivity contribution is -0.128. The zero-order valence-electron chi connectivity index (χ0n) is 14.8. The predicted molar refractivity (Wildman–Crippen MR) is 94.7 cm³/mol. The van der Waals surface area contributed by atoms with Gasteiger partial charge in [-0.2, -0.15) is 0 Å². The van der Waals surface area contributed by atoms with Gasteiger partial charge >= 0.3 is 0 Å². The maximum Gasteiger partial charge on any atom is 0.253 e. The van der Waals surface area contributed by atoms with Gasteiger partial charge in [0.1, 0.15) is 0 Å². The fourth-order valence-corrected chi connectivity index (χ4v) is 2.51. The van der Waals surface area contributed by atoms with Gasteiger partial charge in [-0.25, -0.2) is 0 Å². The minimum Gasteiger partial charge on any atom is -0.396 e. The van der Waals surface area contributed by atoms with Gasteiger partial charge in [-0.05, 0) is 44.6 Å². The van der Waals surface area contributed by atoms with Gasteiger partial charge in [-0.15, -0.1) is 0 Å². The van der Waals surface area contributed by atoms with Crippen LogP contribution < -0.4 is 0 Å². The van der Waals surface area contributed by atoms with E-state index in [2.05, 4.69) is 19.6 Å². The van der Waals surface area contributed by atoms with E-state index in [4.69, 9.17) is 5.11 Å². The Kier molecular flexibility index (Phi) is 11.5. The van der Waals surface area contributed by atoms with Crippen molar-refractivity contribution in [2.24, 2.45) is 5.92 Å². The average molecular weight is 307 g/mol. The highest BCUT2D eigenvalue weighted by molar-refractivity contribution is 5.95. The number of amides is 1. The first-order chi connectivity index (χ1) is 10.6. The van der Waals surface area contributed by atoms with Crippen LogP contribution in [0.3, 0.4) is 0 Å². The Balaban J connectivity index is 0.00000211. The molecule has 3 heteroatoms. The number of allylic oxidation sites excluding steroid dienone is 3. The van der Waals surface area contributed by atoms with Gasteiger partial charge in [0.05, 0.1) is 0 Å². The van der Waals surface area contributed by atoms with E-state index in [-0.39, 0.29) is 12.5 Å². The van der Waals surface area contributed by atoms with Crippen molar-refractivity contribution in [2.75, 3.05) is 19.7 Å². The molecule has 0 radical (unpaired) electrons. The molecule has 0 aromatic carbocycles. The molecule has 0 unspecified atom stereocenters. The Morgan fingerprint density at radius 2 is 1.86 bits per heavy atom. The van der Waals surface area contributed by atoms with Crippen LogP contribution in [0, 0.1) is 5.92 Å². The third-order valence-corrected chi connectivity index (χ3v) is 3.99. The highest BCUT2D eigenvalue weighted by Crippen LogP contribution is 2.21. The predicted octanol–water partition coefficient (Wildman–Crippen LogP) is 4.10. The molecule has 0 bridgehead atoms. The fourth-order valence-electron chi connectivity index (χ4n) is 2.51. The van der Waals surface area contributed by atoms with Crippen molar-refractivity contribution in [3.8, 4) is 0 Å². The number of piperidine rings is 1. The second-order valence-electron chi connectivity index (χ2n) is 5.32. The minimum atomic E-state index is 0.0373. The quantitative estimate of drug-likeness (QED) is 0.593. The summed E-state index contributed by atoms with van der Waals surface area (Å²) < 4.78 is 0. The first kappa shape index (κ1) is 20.6. The van der Waals surface area contributed by atoms with Crippen LogP contribution in [0.25, 0.3) is 0 Å². The van der Waals surface area contributed by atoms with Gasteiger partial charge in [-0.1, -0.05) is 45.1 Å². The fraction of sp³-hybridized carbons (Fsp3) is 0.632. The largest absolute Gasteiger partial charge is 0.396 e. The van der Waals surface area contributed by atoms with Gasteiger partial charge in [0.25, 0.3) is 5.91 Å². The SMILES string of the molecule is C=C(/C=C\C(=C/C)CC)C(=O)N1CCC(CCO)CC1.CC. The summed E-state index contributed by atoms with van der Waals surface area (Å²) in [6.45, 7) is 13.8. The number of carbonyl (C=O) groups is 1. The smallest absolute Gasteiger partial charge is 0.253 e. The van der Waals surface area contributed by atoms with Gasteiger partial charge in [-0.3, -0.25) is 4.79 Å². The van der Waals surface area contributed by atoms with Crippen molar-refractivity contribution >= 4 is 5.91 Å². The molecule has 1 rings (SSSR count). The van der Waals surface area contributed by atoms with Crippen LogP contribution in [-0.4, -0.2) is 35.6 Å². The highest BCUT2D eigenvalue weighted by Gasteiger charge is 2.22. The number of hydrogen-bond donors (Lipinski definition) is 1. The summed E-state index contributed by atoms with van der Waals surface area (Å²) in [6.07, 6.45) is 9.62. The molecule has 1 N–H and O–H groups in total. The molecule has 0 aromatic rings. The lowest BCUT2D eigenvalue weighted by Gasteiger charge is -2.31. The average Bonchev–Trinajstić information content (AvgIpc) is 2.57. The number of nitrogens with zero attached hydrogens (tertiary/aromatic N) is 1. The van der Waals surface area contributed by atoms with Crippen LogP contribution in [0.1, 0.15) is 53.4 Å².